The van der Waals surface area contributed by atoms with E-state index in [9.17, 15) is 55.1 Å². The van der Waals surface area contributed by atoms with E-state index in [0.29, 0.717) is 32.1 Å². The number of amides is 12. The number of fused-ring (bicyclic) bond motifs is 3. The molecular formula is C75H115F9N12O12. The Morgan fingerprint density at radius 3 is 1.79 bits per heavy atom. The van der Waals surface area contributed by atoms with Crippen LogP contribution in [-0.2, 0) is 57.5 Å². The average molecular weight is 1550 g/mol. The number of carbonyl (C=O) groups excluding carboxylic acids is 12. The summed E-state index contributed by atoms with van der Waals surface area (Å²) < 4.78 is 131. The molecule has 3 heterocycles. The van der Waals surface area contributed by atoms with Crippen molar-refractivity contribution in [2.24, 2.45) is 46.8 Å². The second-order valence-electron chi connectivity index (χ2n) is 33.3. The summed E-state index contributed by atoms with van der Waals surface area (Å²) in [6, 6.07) is -12.0. The van der Waals surface area contributed by atoms with Crippen LogP contribution in [0.1, 0.15) is 176 Å². The first-order chi connectivity index (χ1) is 50.2. The van der Waals surface area contributed by atoms with Gasteiger partial charge in [0.25, 0.3) is 0 Å². The molecule has 0 aromatic carbocycles. The molecule has 33 heteroatoms. The van der Waals surface area contributed by atoms with Gasteiger partial charge in [-0.3, -0.25) is 57.5 Å². The molecule has 3 aliphatic heterocycles. The second-order valence-corrected chi connectivity index (χ2v) is 33.3. The minimum atomic E-state index is -5.24. The van der Waals surface area contributed by atoms with Crippen LogP contribution in [0.25, 0.3) is 0 Å². The van der Waals surface area contributed by atoms with Crippen molar-refractivity contribution in [2.75, 3.05) is 82.6 Å². The van der Waals surface area contributed by atoms with Gasteiger partial charge in [-0.05, 0) is 138 Å². The van der Waals surface area contributed by atoms with Crippen molar-refractivity contribution in [3.8, 4) is 0 Å². The van der Waals surface area contributed by atoms with Crippen molar-refractivity contribution >= 4 is 70.9 Å². The largest absolute Gasteiger partial charge is 0.397 e. The predicted octanol–water partition coefficient (Wildman–Crippen LogP) is 6.92. The number of halogens is 9. The van der Waals surface area contributed by atoms with Gasteiger partial charge in [-0.25, -0.2) is 13.2 Å². The van der Waals surface area contributed by atoms with E-state index in [1.807, 2.05) is 13.8 Å². The summed E-state index contributed by atoms with van der Waals surface area (Å²) in [6.45, 7) is 8.12. The van der Waals surface area contributed by atoms with Crippen LogP contribution in [0.2, 0.25) is 0 Å². The molecule has 4 aliphatic carbocycles. The zero-order chi connectivity index (χ0) is 80.7. The normalized spacial score (nSPS) is 32.5. The lowest BCUT2D eigenvalue weighted by Crippen LogP contribution is -2.71. The molecule has 2 bridgehead atoms. The quantitative estimate of drug-likeness (QED) is 0.141. The summed E-state index contributed by atoms with van der Waals surface area (Å²) in [7, 11) is 10.7. The number of hydrogen-bond donors (Lipinski definition) is 3. The van der Waals surface area contributed by atoms with Gasteiger partial charge < -0.3 is 60.0 Å². The Morgan fingerprint density at radius 1 is 0.630 bits per heavy atom. The van der Waals surface area contributed by atoms with Gasteiger partial charge in [0.2, 0.25) is 70.9 Å². The maximum absolute atomic E-state index is 16.2. The van der Waals surface area contributed by atoms with Crippen molar-refractivity contribution in [1.29, 1.82) is 0 Å². The fourth-order valence-corrected chi connectivity index (χ4v) is 17.6. The fraction of sp³-hybridized carbons (Fsp3) is 0.813. The van der Waals surface area contributed by atoms with Gasteiger partial charge in [0.1, 0.15) is 78.3 Å². The predicted molar refractivity (Wildman–Crippen MR) is 380 cm³/mol. The number of carbonyl (C=O) groups is 12. The van der Waals surface area contributed by atoms with Crippen molar-refractivity contribution in [3.63, 3.8) is 0 Å². The third-order valence-corrected chi connectivity index (χ3v) is 23.8. The standard InChI is InChI=1S/C75H115F9N12O12/c1-15-43(4)61-69(106)90(10)39-59(99)91(11)52-23-17-16-20-30-95(68(52)105)56(34-44-24-27-47(28-25-44)74(79,80)81)67(104)89(9)38-57(97)85-51(29-26-45-32-49(77)60(50(78)33-45)75(82,83)84)65(102)96-37-48(76)35-54(96)64(101)87-73(40-72(5,6)41-73)71(108)94(14)62(46-21-18-19-22-46)70(107)93(13)55(66(103)88(7)8)36-58(98)92(12)53(31-42(2)3)63(100)86-61/h16-17,42-56,60-62H,15,18-41H2,1-14H3,(H,85,97)(H,86,100)(H,87,101)/b17-16-/t43-,44?,45?,47?,48+,49?,50?,51-,52-,53-,54-,55-,56-,60?,61-,62-/m0/s1. The van der Waals surface area contributed by atoms with Crippen molar-refractivity contribution in [2.45, 2.75) is 261 Å². The zero-order valence-corrected chi connectivity index (χ0v) is 65.1. The Morgan fingerprint density at radius 2 is 1.23 bits per heavy atom. The van der Waals surface area contributed by atoms with E-state index in [1.165, 1.54) is 71.1 Å². The fourth-order valence-electron chi connectivity index (χ4n) is 17.6. The highest BCUT2D eigenvalue weighted by atomic mass is 19.4. The van der Waals surface area contributed by atoms with E-state index in [1.54, 1.807) is 39.8 Å². The van der Waals surface area contributed by atoms with Crippen LogP contribution in [-0.4, -0.2) is 282 Å². The van der Waals surface area contributed by atoms with E-state index < -0.39 is 255 Å². The van der Waals surface area contributed by atoms with Gasteiger partial charge in [-0.15, -0.1) is 0 Å². The van der Waals surface area contributed by atoms with E-state index in [2.05, 4.69) is 16.0 Å². The minimum Gasteiger partial charge on any atom is -0.347 e. The molecule has 0 aromatic rings. The third kappa shape index (κ3) is 21.0. The summed E-state index contributed by atoms with van der Waals surface area (Å²) in [6.07, 6.45) is -16.2. The summed E-state index contributed by atoms with van der Waals surface area (Å²) in [4.78, 5) is 190. The lowest BCUT2D eigenvalue weighted by molar-refractivity contribution is -0.219. The van der Waals surface area contributed by atoms with Gasteiger partial charge in [0, 0.05) is 69.3 Å². The Bertz CT molecular complexity index is 3270. The molecule has 3 N–H and O–H groups in total. The number of hydrogen-bond acceptors (Lipinski definition) is 12. The molecule has 7 aliphatic rings. The van der Waals surface area contributed by atoms with E-state index in [-0.39, 0.29) is 76.7 Å². The highest BCUT2D eigenvalue weighted by Crippen LogP contribution is 2.50. The van der Waals surface area contributed by atoms with Crippen molar-refractivity contribution < 1.29 is 97.0 Å². The molecule has 4 saturated carbocycles. The Kier molecular flexibility index (Phi) is 29.5. The van der Waals surface area contributed by atoms with Gasteiger partial charge in [0.15, 0.2) is 0 Å². The van der Waals surface area contributed by atoms with Crippen LogP contribution < -0.4 is 16.0 Å². The molecule has 24 nitrogen and oxygen atoms in total. The lowest BCUT2D eigenvalue weighted by atomic mass is 9.58. The number of rotatable bonds is 11. The van der Waals surface area contributed by atoms with Gasteiger partial charge in [-0.1, -0.05) is 73.0 Å². The first-order valence-electron chi connectivity index (χ1n) is 38.2. The van der Waals surface area contributed by atoms with E-state index >= 15 is 41.9 Å². The zero-order valence-electron chi connectivity index (χ0n) is 65.1. The Labute approximate surface area is 628 Å². The Balaban J connectivity index is 1.33. The molecule has 12 atom stereocenters. The van der Waals surface area contributed by atoms with E-state index in [0.717, 1.165) is 29.4 Å². The topological polar surface area (TPSA) is 270 Å². The monoisotopic (exact) mass is 1550 g/mol. The summed E-state index contributed by atoms with van der Waals surface area (Å²) in [5, 5.41) is 8.19. The first-order valence-corrected chi connectivity index (χ1v) is 38.2. The summed E-state index contributed by atoms with van der Waals surface area (Å²) in [5.74, 6) is -18.0. The minimum absolute atomic E-state index is 0.0253. The molecule has 7 rings (SSSR count). The van der Waals surface area contributed by atoms with Crippen molar-refractivity contribution in [1.82, 2.24) is 60.0 Å². The molecule has 0 radical (unpaired) electrons. The number of nitrogens with zero attached hydrogens (tertiary/aromatic N) is 9. The smallest absolute Gasteiger partial charge is 0.347 e. The number of likely N-dealkylation sites (N-methyl/N-ethyl adjacent to an activating group) is 7. The maximum Gasteiger partial charge on any atom is 0.397 e. The molecule has 6 fully saturated rings. The van der Waals surface area contributed by atoms with Crippen LogP contribution in [0.5, 0.6) is 0 Å². The summed E-state index contributed by atoms with van der Waals surface area (Å²) >= 11 is 0. The maximum atomic E-state index is 16.2. The highest BCUT2D eigenvalue weighted by molar-refractivity contribution is 6.01. The van der Waals surface area contributed by atoms with Gasteiger partial charge >= 0.3 is 12.4 Å². The molecule has 108 heavy (non-hydrogen) atoms. The molecule has 2 saturated heterocycles. The van der Waals surface area contributed by atoms with Crippen LogP contribution >= 0.6 is 0 Å². The second kappa shape index (κ2) is 36.3. The Hall–Kier alpha value is -7.25. The van der Waals surface area contributed by atoms with Crippen LogP contribution in [0.4, 0.5) is 39.5 Å². The molecule has 2 unspecified atom stereocenters. The molecule has 1 spiro atoms. The SMILES string of the molecule is CC[C@H](C)[C@@H]1NC(=O)[C@H](CC(C)C)N(C)C(=O)C[C@@H](C(=O)N(C)C)N(C)C(=O)[C@H](C2CCCC2)N(C)C(=O)C2(CC(C)(C)C2)NC(=O)[C@@H]2C[C@@H](F)CN2C(=O)[C@H](CCC2CC(F)C(C(F)(F)F)C(F)C2)NC(=O)CN(C)C(=O)[C@H](CC2CCC(C(F)(F)F)CC2)N2CC/C=C\C[C@@H](C2=O)N(C)C(=O)CN(C)C1=O. The molecule has 0 aromatic heterocycles. The number of nitrogens with one attached hydrogen (secondary N) is 3. The highest BCUT2D eigenvalue weighted by Gasteiger charge is 2.60. The van der Waals surface area contributed by atoms with E-state index in [4.69, 9.17) is 0 Å². The number of alkyl halides is 9. The van der Waals surface area contributed by atoms with Crippen LogP contribution in [0, 0.1) is 46.8 Å². The van der Waals surface area contributed by atoms with Crippen LogP contribution in [0.15, 0.2) is 12.2 Å². The molecule has 12 amide bonds. The van der Waals surface area contributed by atoms with Crippen LogP contribution in [0.3, 0.4) is 0 Å². The third-order valence-electron chi connectivity index (χ3n) is 23.8. The molecule has 610 valence electrons. The van der Waals surface area contributed by atoms with Crippen molar-refractivity contribution in [3.05, 3.63) is 12.2 Å². The van der Waals surface area contributed by atoms with Gasteiger partial charge in [-0.2, -0.15) is 26.3 Å². The first kappa shape index (κ1) is 88.0. The lowest BCUT2D eigenvalue weighted by Gasteiger charge is -2.54. The molecular weight excluding hydrogens is 1430 g/mol. The average Bonchev–Trinajstić information content (AvgIpc) is 0.969. The van der Waals surface area contributed by atoms with Gasteiger partial charge in [0.05, 0.1) is 32.0 Å². The summed E-state index contributed by atoms with van der Waals surface area (Å²) in [5.41, 5.74) is -2.50.